The van der Waals surface area contributed by atoms with Gasteiger partial charge in [-0.1, -0.05) is 0 Å². The van der Waals surface area contributed by atoms with E-state index in [1.165, 1.54) is 15.6 Å². The van der Waals surface area contributed by atoms with E-state index in [1.54, 1.807) is 19.1 Å². The van der Waals surface area contributed by atoms with E-state index >= 15 is 0 Å². The Morgan fingerprint density at radius 1 is 1.47 bits per heavy atom. The molecule has 0 saturated carbocycles. The summed E-state index contributed by atoms with van der Waals surface area (Å²) >= 11 is 1.23. The van der Waals surface area contributed by atoms with Gasteiger partial charge in [0.1, 0.15) is 10.3 Å². The average Bonchev–Trinajstić information content (AvgIpc) is 2.69. The van der Waals surface area contributed by atoms with Crippen LogP contribution in [-0.2, 0) is 14.8 Å². The third-order valence-electron chi connectivity index (χ3n) is 2.72. The van der Waals surface area contributed by atoms with Gasteiger partial charge in [-0.3, -0.25) is 4.79 Å². The summed E-state index contributed by atoms with van der Waals surface area (Å²) in [4.78, 5) is 12.4. The molecule has 5 nitrogen and oxygen atoms in total. The van der Waals surface area contributed by atoms with Crippen LogP contribution >= 0.6 is 11.3 Å². The maximum Gasteiger partial charge on any atom is 0.253 e. The molecule has 1 atom stereocenters. The smallest absolute Gasteiger partial charge is 0.253 e. The minimum absolute atomic E-state index is 0.242. The van der Waals surface area contributed by atoms with E-state index in [2.05, 4.69) is 5.32 Å². The molecule has 1 fully saturated rings. The fraction of sp³-hybridized carbons (Fsp3) is 0.500. The zero-order valence-electron chi connectivity index (χ0n) is 9.63. The minimum atomic E-state index is -3.53. The summed E-state index contributed by atoms with van der Waals surface area (Å²) in [6.45, 7) is 4.15. The summed E-state index contributed by atoms with van der Waals surface area (Å²) in [6, 6.07) is 2.72. The highest BCUT2D eigenvalue weighted by molar-refractivity contribution is 7.91. The number of carbonyl (C=O) groups is 1. The molecule has 0 bridgehead atoms. The van der Waals surface area contributed by atoms with Gasteiger partial charge in [-0.25, -0.2) is 8.42 Å². The summed E-state index contributed by atoms with van der Waals surface area (Å²) in [5.74, 6) is -0.242. The quantitative estimate of drug-likeness (QED) is 0.857. The molecule has 1 amide bonds. The van der Waals surface area contributed by atoms with Crippen LogP contribution in [0.4, 0.5) is 0 Å². The lowest BCUT2D eigenvalue weighted by molar-refractivity contribution is -0.126. The molecule has 1 saturated heterocycles. The van der Waals surface area contributed by atoms with Crippen LogP contribution in [0.5, 0.6) is 0 Å². The Labute approximate surface area is 104 Å². The number of nitrogens with zero attached hydrogens (tertiary/aromatic N) is 1. The van der Waals surface area contributed by atoms with E-state index < -0.39 is 16.1 Å². The van der Waals surface area contributed by atoms with Crippen molar-refractivity contribution in [2.75, 3.05) is 13.1 Å². The predicted molar refractivity (Wildman–Crippen MR) is 65.4 cm³/mol. The van der Waals surface area contributed by atoms with Gasteiger partial charge in [-0.15, -0.1) is 11.3 Å². The largest absolute Gasteiger partial charge is 0.353 e. The first-order valence-electron chi connectivity index (χ1n) is 5.29. The van der Waals surface area contributed by atoms with Crippen molar-refractivity contribution in [3.63, 3.8) is 0 Å². The van der Waals surface area contributed by atoms with Crippen LogP contribution in [0.2, 0.25) is 0 Å². The van der Waals surface area contributed by atoms with Crippen LogP contribution in [0, 0.1) is 6.92 Å². The first-order valence-corrected chi connectivity index (χ1v) is 7.54. The van der Waals surface area contributed by atoms with Crippen LogP contribution in [-0.4, -0.2) is 37.8 Å². The molecular formula is C10H14N2O3S2. The summed E-state index contributed by atoms with van der Waals surface area (Å²) in [5, 5.41) is 2.65. The monoisotopic (exact) mass is 274 g/mol. The first kappa shape index (κ1) is 12.5. The fourth-order valence-corrected chi connectivity index (χ4v) is 4.76. The Bertz CT molecular complexity index is 536. The Balaban J connectivity index is 2.35. The number of aryl methyl sites for hydroxylation is 1. The number of hydrogen-bond donors (Lipinski definition) is 1. The summed E-state index contributed by atoms with van der Waals surface area (Å²) in [5.41, 5.74) is 0. The topological polar surface area (TPSA) is 66.5 Å². The van der Waals surface area contributed by atoms with Gasteiger partial charge < -0.3 is 5.32 Å². The minimum Gasteiger partial charge on any atom is -0.353 e. The molecule has 1 aliphatic heterocycles. The number of thiophene rings is 1. The molecule has 0 aliphatic carbocycles. The summed E-state index contributed by atoms with van der Waals surface area (Å²) < 4.78 is 26.2. The van der Waals surface area contributed by atoms with Crippen molar-refractivity contribution in [3.05, 3.63) is 17.0 Å². The van der Waals surface area contributed by atoms with Crippen LogP contribution < -0.4 is 5.32 Å². The molecule has 0 spiro atoms. The highest BCUT2D eigenvalue weighted by Gasteiger charge is 2.36. The number of sulfonamides is 1. The van der Waals surface area contributed by atoms with Crippen molar-refractivity contribution in [1.82, 2.24) is 9.62 Å². The molecule has 1 aliphatic rings. The number of hydrogen-bond acceptors (Lipinski definition) is 4. The molecule has 1 unspecified atom stereocenters. The van der Waals surface area contributed by atoms with E-state index in [1.807, 2.05) is 6.92 Å². The van der Waals surface area contributed by atoms with Crippen LogP contribution in [0.3, 0.4) is 0 Å². The molecule has 1 aromatic rings. The number of piperazine rings is 1. The van der Waals surface area contributed by atoms with E-state index in [4.69, 9.17) is 0 Å². The normalized spacial score (nSPS) is 22.5. The zero-order chi connectivity index (χ0) is 12.6. The Morgan fingerprint density at radius 3 is 2.76 bits per heavy atom. The van der Waals surface area contributed by atoms with E-state index in [9.17, 15) is 13.2 Å². The highest BCUT2D eigenvalue weighted by Crippen LogP contribution is 2.26. The van der Waals surface area contributed by atoms with Crippen LogP contribution in [0.1, 0.15) is 11.8 Å². The zero-order valence-corrected chi connectivity index (χ0v) is 11.3. The molecule has 1 N–H and O–H groups in total. The highest BCUT2D eigenvalue weighted by atomic mass is 32.2. The van der Waals surface area contributed by atoms with Crippen molar-refractivity contribution < 1.29 is 13.2 Å². The van der Waals surface area contributed by atoms with Crippen LogP contribution in [0.25, 0.3) is 0 Å². The van der Waals surface area contributed by atoms with Gasteiger partial charge in [0.25, 0.3) is 10.0 Å². The number of carbonyl (C=O) groups excluding carboxylic acids is 1. The van der Waals surface area contributed by atoms with E-state index in [0.29, 0.717) is 17.3 Å². The van der Waals surface area contributed by atoms with Gasteiger partial charge in [0.15, 0.2) is 0 Å². The second-order valence-corrected chi connectivity index (χ2v) is 7.35. The molecule has 2 heterocycles. The van der Waals surface area contributed by atoms with Crippen molar-refractivity contribution in [2.45, 2.75) is 24.1 Å². The molecular weight excluding hydrogens is 260 g/mol. The Hall–Kier alpha value is -0.920. The van der Waals surface area contributed by atoms with Gasteiger partial charge in [-0.2, -0.15) is 4.31 Å². The van der Waals surface area contributed by atoms with Crippen LogP contribution in [0.15, 0.2) is 16.3 Å². The maximum atomic E-state index is 12.3. The Morgan fingerprint density at radius 2 is 2.18 bits per heavy atom. The number of amides is 1. The second-order valence-electron chi connectivity index (χ2n) is 3.95. The first-order chi connectivity index (χ1) is 7.93. The lowest BCUT2D eigenvalue weighted by atomic mass is 10.2. The standard InChI is InChI=1S/C10H14N2O3S2/c1-7-3-4-9(16-7)17(14,15)12-6-5-11-10(13)8(12)2/h3-4,8H,5-6H2,1-2H3,(H,11,13). The van der Waals surface area contributed by atoms with Crippen molar-refractivity contribution >= 4 is 27.3 Å². The van der Waals surface area contributed by atoms with Gasteiger partial charge in [0.2, 0.25) is 5.91 Å². The molecule has 0 radical (unpaired) electrons. The fourth-order valence-electron chi connectivity index (χ4n) is 1.76. The Kier molecular flexibility index (Phi) is 3.24. The summed E-state index contributed by atoms with van der Waals surface area (Å²) in [7, 11) is -3.53. The predicted octanol–water partition coefficient (Wildman–Crippen LogP) is 0.566. The lowest BCUT2D eigenvalue weighted by Crippen LogP contribution is -2.55. The third kappa shape index (κ3) is 2.22. The number of nitrogens with one attached hydrogen (secondary N) is 1. The van der Waals surface area contributed by atoms with Crippen molar-refractivity contribution in [3.8, 4) is 0 Å². The number of rotatable bonds is 2. The SMILES string of the molecule is Cc1ccc(S(=O)(=O)N2CCNC(=O)C2C)s1. The molecule has 94 valence electrons. The van der Waals surface area contributed by atoms with Gasteiger partial charge >= 0.3 is 0 Å². The summed E-state index contributed by atoms with van der Waals surface area (Å²) in [6.07, 6.45) is 0. The van der Waals surface area contributed by atoms with Gasteiger partial charge in [0, 0.05) is 18.0 Å². The average molecular weight is 274 g/mol. The molecule has 1 aromatic heterocycles. The third-order valence-corrected chi connectivity index (χ3v) is 6.16. The maximum absolute atomic E-state index is 12.3. The molecule has 2 rings (SSSR count). The van der Waals surface area contributed by atoms with Crippen molar-refractivity contribution in [2.24, 2.45) is 0 Å². The van der Waals surface area contributed by atoms with E-state index in [0.717, 1.165) is 4.88 Å². The molecule has 0 aromatic carbocycles. The lowest BCUT2D eigenvalue weighted by Gasteiger charge is -2.31. The van der Waals surface area contributed by atoms with Gasteiger partial charge in [-0.05, 0) is 26.0 Å². The second kappa shape index (κ2) is 4.40. The van der Waals surface area contributed by atoms with Crippen molar-refractivity contribution in [1.29, 1.82) is 0 Å². The molecule has 17 heavy (non-hydrogen) atoms. The van der Waals surface area contributed by atoms with E-state index in [-0.39, 0.29) is 5.91 Å². The van der Waals surface area contributed by atoms with Gasteiger partial charge in [0.05, 0.1) is 0 Å². The molecule has 7 heteroatoms.